The summed E-state index contributed by atoms with van der Waals surface area (Å²) in [7, 11) is 0. The third-order valence-electron chi connectivity index (χ3n) is 3.85. The zero-order valence-electron chi connectivity index (χ0n) is 14.3. The third-order valence-corrected chi connectivity index (χ3v) is 3.85. The molecular formula is C18H28N2O3. The van der Waals surface area contributed by atoms with E-state index in [1.165, 1.54) is 11.1 Å². The maximum Gasteiger partial charge on any atom is 0.246 e. The standard InChI is InChI=1S/C18H28N2O3/c1-18(2,3)23-13-17(22)19-10-16(21)12-20-9-8-14-6-4-5-7-15(14)11-20/h4-7,16,21H,8-13H2,1-3H3,(H,19,22). The zero-order valence-corrected chi connectivity index (χ0v) is 14.3. The highest BCUT2D eigenvalue weighted by Gasteiger charge is 2.19. The Hall–Kier alpha value is -1.43. The number of aliphatic hydroxyl groups excluding tert-OH is 1. The Bertz CT molecular complexity index is 525. The molecule has 1 atom stereocenters. The monoisotopic (exact) mass is 320 g/mol. The molecule has 1 aromatic rings. The highest BCUT2D eigenvalue weighted by molar-refractivity contribution is 5.77. The van der Waals surface area contributed by atoms with Gasteiger partial charge in [0.25, 0.3) is 0 Å². The molecule has 1 heterocycles. The number of rotatable bonds is 6. The molecule has 2 rings (SSSR count). The second-order valence-corrected chi connectivity index (χ2v) is 7.11. The smallest absolute Gasteiger partial charge is 0.246 e. The lowest BCUT2D eigenvalue weighted by atomic mass is 10.00. The van der Waals surface area contributed by atoms with E-state index in [0.29, 0.717) is 6.54 Å². The van der Waals surface area contributed by atoms with Crippen LogP contribution in [0.25, 0.3) is 0 Å². The van der Waals surface area contributed by atoms with Gasteiger partial charge in [0, 0.05) is 26.2 Å². The molecule has 0 fully saturated rings. The van der Waals surface area contributed by atoms with Crippen molar-refractivity contribution in [2.75, 3.05) is 26.2 Å². The third kappa shape index (κ3) is 6.29. The number of β-amino-alcohol motifs (C(OH)–C–C–N with tert-alkyl or cyclic N) is 1. The van der Waals surface area contributed by atoms with Crippen LogP contribution in [0.1, 0.15) is 31.9 Å². The summed E-state index contributed by atoms with van der Waals surface area (Å²) in [4.78, 5) is 13.9. The fourth-order valence-electron chi connectivity index (χ4n) is 2.64. The van der Waals surface area contributed by atoms with Gasteiger partial charge >= 0.3 is 0 Å². The molecular weight excluding hydrogens is 292 g/mol. The molecule has 1 aliphatic rings. The Kier molecular flexibility index (Phi) is 6.16. The predicted molar refractivity (Wildman–Crippen MR) is 90.1 cm³/mol. The highest BCUT2D eigenvalue weighted by atomic mass is 16.5. The molecule has 2 N–H and O–H groups in total. The van der Waals surface area contributed by atoms with Crippen LogP contribution in [-0.2, 0) is 22.5 Å². The number of fused-ring (bicyclic) bond motifs is 1. The molecule has 0 radical (unpaired) electrons. The number of carbonyl (C=O) groups excluding carboxylic acids is 1. The van der Waals surface area contributed by atoms with Gasteiger partial charge in [0.05, 0.1) is 11.7 Å². The van der Waals surface area contributed by atoms with Gasteiger partial charge in [0.2, 0.25) is 5.91 Å². The van der Waals surface area contributed by atoms with Crippen molar-refractivity contribution < 1.29 is 14.6 Å². The van der Waals surface area contributed by atoms with Gasteiger partial charge in [0.15, 0.2) is 0 Å². The van der Waals surface area contributed by atoms with Crippen LogP contribution >= 0.6 is 0 Å². The Morgan fingerprint density at radius 3 is 2.74 bits per heavy atom. The molecule has 1 aliphatic heterocycles. The van der Waals surface area contributed by atoms with Gasteiger partial charge in [-0.15, -0.1) is 0 Å². The maximum atomic E-state index is 11.7. The van der Waals surface area contributed by atoms with Crippen LogP contribution in [0.4, 0.5) is 0 Å². The molecule has 0 aromatic heterocycles. The average Bonchev–Trinajstić information content (AvgIpc) is 2.50. The first-order valence-corrected chi connectivity index (χ1v) is 8.21. The predicted octanol–water partition coefficient (Wildman–Crippen LogP) is 1.34. The van der Waals surface area contributed by atoms with Crippen molar-refractivity contribution in [3.63, 3.8) is 0 Å². The zero-order chi connectivity index (χ0) is 16.9. The van der Waals surface area contributed by atoms with Crippen LogP contribution in [0.15, 0.2) is 24.3 Å². The molecule has 1 unspecified atom stereocenters. The van der Waals surface area contributed by atoms with Crippen molar-refractivity contribution in [1.29, 1.82) is 0 Å². The first kappa shape index (κ1) is 17.9. The molecule has 5 nitrogen and oxygen atoms in total. The van der Waals surface area contributed by atoms with Crippen LogP contribution in [-0.4, -0.2) is 53.9 Å². The summed E-state index contributed by atoms with van der Waals surface area (Å²) in [5.74, 6) is -0.192. The second kappa shape index (κ2) is 7.90. The number of benzene rings is 1. The number of nitrogens with zero attached hydrogens (tertiary/aromatic N) is 1. The summed E-state index contributed by atoms with van der Waals surface area (Å²) in [5, 5.41) is 12.9. The van der Waals surface area contributed by atoms with Crippen LogP contribution in [0.3, 0.4) is 0 Å². The van der Waals surface area contributed by atoms with Crippen molar-refractivity contribution in [3.05, 3.63) is 35.4 Å². The summed E-state index contributed by atoms with van der Waals surface area (Å²) in [6.07, 6.45) is 0.438. The van der Waals surface area contributed by atoms with Gasteiger partial charge in [-0.05, 0) is 38.3 Å². The summed E-state index contributed by atoms with van der Waals surface area (Å²) in [6.45, 7) is 8.35. The molecule has 0 bridgehead atoms. The molecule has 1 aromatic carbocycles. The van der Waals surface area contributed by atoms with E-state index in [4.69, 9.17) is 4.74 Å². The average molecular weight is 320 g/mol. The van der Waals surface area contributed by atoms with Gasteiger partial charge in [-0.1, -0.05) is 24.3 Å². The van der Waals surface area contributed by atoms with Gasteiger partial charge in [-0.25, -0.2) is 0 Å². The number of carbonyl (C=O) groups is 1. The maximum absolute atomic E-state index is 11.7. The Balaban J connectivity index is 1.69. The first-order chi connectivity index (χ1) is 10.8. The first-order valence-electron chi connectivity index (χ1n) is 8.21. The van der Waals surface area contributed by atoms with E-state index >= 15 is 0 Å². The Labute approximate surface area is 138 Å². The van der Waals surface area contributed by atoms with E-state index in [1.807, 2.05) is 26.8 Å². The van der Waals surface area contributed by atoms with Crippen LogP contribution in [0.2, 0.25) is 0 Å². The van der Waals surface area contributed by atoms with Gasteiger partial charge in [0.1, 0.15) is 6.61 Å². The van der Waals surface area contributed by atoms with Gasteiger partial charge in [-0.2, -0.15) is 0 Å². The molecule has 1 amide bonds. The van der Waals surface area contributed by atoms with E-state index < -0.39 is 6.10 Å². The van der Waals surface area contributed by atoms with Crippen molar-refractivity contribution in [3.8, 4) is 0 Å². The number of nitrogens with one attached hydrogen (secondary N) is 1. The number of amides is 1. The molecule has 0 spiro atoms. The molecule has 5 heteroatoms. The van der Waals surface area contributed by atoms with Gasteiger partial charge in [-0.3, -0.25) is 9.69 Å². The normalized spacial score (nSPS) is 16.7. The topological polar surface area (TPSA) is 61.8 Å². The van der Waals surface area contributed by atoms with Crippen LogP contribution in [0.5, 0.6) is 0 Å². The number of hydrogen-bond acceptors (Lipinski definition) is 4. The highest BCUT2D eigenvalue weighted by Crippen LogP contribution is 2.18. The molecule has 128 valence electrons. The quantitative estimate of drug-likeness (QED) is 0.830. The number of ether oxygens (including phenoxy) is 1. The van der Waals surface area contributed by atoms with E-state index in [-0.39, 0.29) is 24.7 Å². The van der Waals surface area contributed by atoms with E-state index in [0.717, 1.165) is 19.5 Å². The van der Waals surface area contributed by atoms with Crippen molar-refractivity contribution in [1.82, 2.24) is 10.2 Å². The molecule has 0 saturated heterocycles. The number of aliphatic hydroxyl groups is 1. The van der Waals surface area contributed by atoms with Crippen LogP contribution in [0, 0.1) is 0 Å². The molecule has 23 heavy (non-hydrogen) atoms. The lowest BCUT2D eigenvalue weighted by Gasteiger charge is -2.30. The van der Waals surface area contributed by atoms with Gasteiger partial charge < -0.3 is 15.2 Å². The fraction of sp³-hybridized carbons (Fsp3) is 0.611. The number of hydrogen-bond donors (Lipinski definition) is 2. The summed E-state index contributed by atoms with van der Waals surface area (Å²) in [6, 6.07) is 8.42. The Morgan fingerprint density at radius 2 is 2.04 bits per heavy atom. The minimum Gasteiger partial charge on any atom is -0.390 e. The van der Waals surface area contributed by atoms with Crippen molar-refractivity contribution in [2.45, 2.75) is 45.4 Å². The molecule has 0 aliphatic carbocycles. The summed E-state index contributed by atoms with van der Waals surface area (Å²) in [5.41, 5.74) is 2.39. The summed E-state index contributed by atoms with van der Waals surface area (Å²) >= 11 is 0. The van der Waals surface area contributed by atoms with Crippen LogP contribution < -0.4 is 5.32 Å². The van der Waals surface area contributed by atoms with E-state index in [2.05, 4.69) is 28.4 Å². The van der Waals surface area contributed by atoms with E-state index in [1.54, 1.807) is 0 Å². The lowest BCUT2D eigenvalue weighted by molar-refractivity contribution is -0.131. The minimum atomic E-state index is -0.571. The fourth-order valence-corrected chi connectivity index (χ4v) is 2.64. The lowest BCUT2D eigenvalue weighted by Crippen LogP contribution is -2.43. The minimum absolute atomic E-state index is 0.0211. The summed E-state index contributed by atoms with van der Waals surface area (Å²) < 4.78 is 5.41. The molecule has 0 saturated carbocycles. The van der Waals surface area contributed by atoms with Crippen molar-refractivity contribution in [2.24, 2.45) is 0 Å². The second-order valence-electron chi connectivity index (χ2n) is 7.11. The largest absolute Gasteiger partial charge is 0.390 e. The Morgan fingerprint density at radius 1 is 1.35 bits per heavy atom. The van der Waals surface area contributed by atoms with Crippen molar-refractivity contribution >= 4 is 5.91 Å². The van der Waals surface area contributed by atoms with E-state index in [9.17, 15) is 9.90 Å². The SMILES string of the molecule is CC(C)(C)OCC(=O)NCC(O)CN1CCc2ccccc2C1.